The monoisotopic (exact) mass is 612 g/mol. The van der Waals surface area contributed by atoms with E-state index < -0.39 is 7.92 Å². The van der Waals surface area contributed by atoms with Crippen LogP contribution in [0.3, 0.4) is 0 Å². The van der Waals surface area contributed by atoms with Crippen molar-refractivity contribution in [3.05, 3.63) is 152 Å². The van der Waals surface area contributed by atoms with Gasteiger partial charge < -0.3 is 0 Å². The summed E-state index contributed by atoms with van der Waals surface area (Å²) in [4.78, 5) is 0. The molecule has 5 aromatic carbocycles. The summed E-state index contributed by atoms with van der Waals surface area (Å²) < 4.78 is 0. The molecule has 0 fully saturated rings. The van der Waals surface area contributed by atoms with Crippen LogP contribution < -0.4 is 15.9 Å². The third-order valence-electron chi connectivity index (χ3n) is 4.77. The number of benzene rings is 3. The van der Waals surface area contributed by atoms with Crippen molar-refractivity contribution in [2.45, 2.75) is 6.92 Å². The summed E-state index contributed by atoms with van der Waals surface area (Å²) in [6.45, 7) is 5.42. The van der Waals surface area contributed by atoms with Crippen LogP contribution in [0.1, 0.15) is 6.92 Å². The maximum Gasteiger partial charge on any atom is 0 e. The van der Waals surface area contributed by atoms with Gasteiger partial charge in [0.25, 0.3) is 0 Å². The van der Waals surface area contributed by atoms with Gasteiger partial charge in [0.15, 0.2) is 0 Å². The minimum atomic E-state index is -0.493. The number of rotatable bonds is 4. The van der Waals surface area contributed by atoms with E-state index in [1.54, 1.807) is 6.08 Å². The Kier molecular flexibility index (Phi) is 12.3. The Morgan fingerprint density at radius 3 is 1.70 bits per heavy atom. The van der Waals surface area contributed by atoms with Gasteiger partial charge in [-0.15, -0.1) is 40.3 Å². The minimum Gasteiger partial charge on any atom is -0.214 e. The van der Waals surface area contributed by atoms with Crippen LogP contribution in [-0.2, 0) is 25.8 Å². The molecule has 0 atom stereocenters. The molecule has 0 aliphatic heterocycles. The predicted molar refractivity (Wildman–Crippen MR) is 145 cm³/mol. The SMILES string of the molecule is C=CC=CC.[Hf].c1cc[cH-]c1.c1ccc(P(c2ccccc2)c2cc3ccccc3[cH-]2)cc1. The van der Waals surface area contributed by atoms with Gasteiger partial charge in [-0.2, -0.15) is 24.3 Å². The molecule has 0 radical (unpaired) electrons. The van der Waals surface area contributed by atoms with Crippen molar-refractivity contribution < 1.29 is 25.8 Å². The zero-order valence-electron chi connectivity index (χ0n) is 19.0. The van der Waals surface area contributed by atoms with Gasteiger partial charge >= 0.3 is 0 Å². The second-order valence-electron chi connectivity index (χ2n) is 7.07. The maximum absolute atomic E-state index is 3.46. The molecule has 0 saturated heterocycles. The average molecular weight is 611 g/mol. The molecule has 0 saturated carbocycles. The minimum absolute atomic E-state index is 0. The average Bonchev–Trinajstić information content (AvgIpc) is 3.55. The van der Waals surface area contributed by atoms with E-state index in [-0.39, 0.29) is 25.8 Å². The molecule has 33 heavy (non-hydrogen) atoms. The third-order valence-corrected chi connectivity index (χ3v) is 7.18. The fraction of sp³-hybridized carbons (Fsp3) is 0.0323. The molecule has 5 aromatic rings. The van der Waals surface area contributed by atoms with E-state index >= 15 is 0 Å². The van der Waals surface area contributed by atoms with Crippen LogP contribution in [0.15, 0.2) is 152 Å². The van der Waals surface area contributed by atoms with Gasteiger partial charge in [-0.3, -0.25) is 0 Å². The maximum atomic E-state index is 3.46. The van der Waals surface area contributed by atoms with Crippen molar-refractivity contribution >= 4 is 34.6 Å². The van der Waals surface area contributed by atoms with Crippen molar-refractivity contribution in [3.63, 3.8) is 0 Å². The molecular weight excluding hydrogens is 582 g/mol. The Morgan fingerprint density at radius 1 is 0.727 bits per heavy atom. The van der Waals surface area contributed by atoms with E-state index in [2.05, 4.69) is 104 Å². The summed E-state index contributed by atoms with van der Waals surface area (Å²) in [5.41, 5.74) is 0. The Bertz CT molecular complexity index is 1100. The Morgan fingerprint density at radius 2 is 1.27 bits per heavy atom. The summed E-state index contributed by atoms with van der Waals surface area (Å²) in [7, 11) is -0.493. The molecule has 0 nitrogen and oxygen atoms in total. The molecule has 164 valence electrons. The third kappa shape index (κ3) is 8.35. The van der Waals surface area contributed by atoms with E-state index in [4.69, 9.17) is 0 Å². The van der Waals surface area contributed by atoms with Crippen LogP contribution >= 0.6 is 7.92 Å². The zero-order chi connectivity index (χ0) is 22.4. The van der Waals surface area contributed by atoms with Crippen LogP contribution in [0, 0.1) is 0 Å². The largest absolute Gasteiger partial charge is 0.214 e. The van der Waals surface area contributed by atoms with Gasteiger partial charge in [0, 0.05) is 25.8 Å². The zero-order valence-corrected chi connectivity index (χ0v) is 23.5. The first-order valence-electron chi connectivity index (χ1n) is 10.8. The summed E-state index contributed by atoms with van der Waals surface area (Å²) in [6, 6.07) is 45.0. The molecule has 0 aliphatic carbocycles. The molecule has 5 rings (SSSR count). The first-order valence-corrected chi connectivity index (χ1v) is 12.1. The van der Waals surface area contributed by atoms with Crippen LogP contribution in [0.25, 0.3) is 10.8 Å². The van der Waals surface area contributed by atoms with Crippen molar-refractivity contribution in [3.8, 4) is 0 Å². The van der Waals surface area contributed by atoms with Gasteiger partial charge in [0.1, 0.15) is 0 Å². The van der Waals surface area contributed by atoms with Gasteiger partial charge in [0.05, 0.1) is 0 Å². The van der Waals surface area contributed by atoms with Crippen LogP contribution in [0.5, 0.6) is 0 Å². The molecule has 0 spiro atoms. The van der Waals surface area contributed by atoms with Gasteiger partial charge in [-0.25, -0.2) is 12.1 Å². The predicted octanol–water partition coefficient (Wildman–Crippen LogP) is 7.47. The normalized spacial score (nSPS) is 10.0. The van der Waals surface area contributed by atoms with Gasteiger partial charge in [0.2, 0.25) is 0 Å². The van der Waals surface area contributed by atoms with E-state index in [0.29, 0.717) is 0 Å². The summed E-state index contributed by atoms with van der Waals surface area (Å²) in [5.74, 6) is 0. The number of hydrogen-bond acceptors (Lipinski definition) is 0. The quantitative estimate of drug-likeness (QED) is 0.0857. The van der Waals surface area contributed by atoms with Crippen molar-refractivity contribution in [2.24, 2.45) is 0 Å². The molecule has 0 amide bonds. The smallest absolute Gasteiger partial charge is 0 e. The second-order valence-corrected chi connectivity index (χ2v) is 9.29. The standard InChI is InChI=1S/C21H16P.C5H5.C5H8.Hf/c1-3-11-19(12-4-1)22(20-13-5-2-6-14-20)21-15-17-9-7-8-10-18(17)16-21;1-2-4-5-3-1;1-3-5-4-2;/h1-16H;1-5H;3-5H,1H2,2H3;/q2*-1;;. The first-order chi connectivity index (χ1) is 15.8. The topological polar surface area (TPSA) is 0 Å². The molecule has 0 aliphatic rings. The van der Waals surface area contributed by atoms with E-state index in [1.807, 2.05) is 49.4 Å². The number of allylic oxidation sites excluding steroid dienone is 3. The van der Waals surface area contributed by atoms with Crippen molar-refractivity contribution in [1.82, 2.24) is 0 Å². The van der Waals surface area contributed by atoms with Crippen LogP contribution in [-0.4, -0.2) is 0 Å². The fourth-order valence-corrected chi connectivity index (χ4v) is 5.69. The van der Waals surface area contributed by atoms with Crippen molar-refractivity contribution in [1.29, 1.82) is 0 Å². The molecular formula is C31H29HfP-2. The number of hydrogen-bond donors (Lipinski definition) is 0. The summed E-state index contributed by atoms with van der Waals surface area (Å²) in [5, 5.41) is 6.89. The second kappa shape index (κ2) is 15.3. The summed E-state index contributed by atoms with van der Waals surface area (Å²) in [6.07, 6.45) is 5.58. The van der Waals surface area contributed by atoms with Crippen LogP contribution in [0.4, 0.5) is 0 Å². The molecule has 0 heterocycles. The van der Waals surface area contributed by atoms with Gasteiger partial charge in [-0.1, -0.05) is 91.5 Å². The van der Waals surface area contributed by atoms with E-state index in [0.717, 1.165) is 0 Å². The van der Waals surface area contributed by atoms with Crippen molar-refractivity contribution in [2.75, 3.05) is 0 Å². The van der Waals surface area contributed by atoms with E-state index in [1.165, 1.54) is 26.7 Å². The molecule has 2 heteroatoms. The first kappa shape index (κ1) is 26.7. The fourth-order valence-electron chi connectivity index (χ4n) is 3.32. The Balaban J connectivity index is 0.000000294. The number of fused-ring (bicyclic) bond motifs is 1. The van der Waals surface area contributed by atoms with Crippen LogP contribution in [0.2, 0.25) is 0 Å². The molecule has 0 unspecified atom stereocenters. The molecule has 0 N–H and O–H groups in total. The summed E-state index contributed by atoms with van der Waals surface area (Å²) >= 11 is 0. The van der Waals surface area contributed by atoms with Gasteiger partial charge in [-0.05, 0) is 25.5 Å². The molecule has 0 aromatic heterocycles. The Hall–Kier alpha value is -2.60. The Labute approximate surface area is 218 Å². The van der Waals surface area contributed by atoms with E-state index in [9.17, 15) is 0 Å². The molecule has 0 bridgehead atoms.